The highest BCUT2D eigenvalue weighted by Gasteiger charge is 2.11. The van der Waals surface area contributed by atoms with Crippen molar-refractivity contribution in [3.63, 3.8) is 0 Å². The lowest BCUT2D eigenvalue weighted by Crippen LogP contribution is -2.26. The first-order valence-electron chi connectivity index (χ1n) is 8.54. The Balaban J connectivity index is 1.99. The molecule has 0 fully saturated rings. The molecule has 0 aliphatic carbocycles. The summed E-state index contributed by atoms with van der Waals surface area (Å²) in [5.41, 5.74) is 4.76. The molecule has 2 aromatic rings. The highest BCUT2D eigenvalue weighted by molar-refractivity contribution is 5.91. The maximum Gasteiger partial charge on any atom is 0.267 e. The molecule has 2 rings (SSSR count). The van der Waals surface area contributed by atoms with Gasteiger partial charge < -0.3 is 9.47 Å². The van der Waals surface area contributed by atoms with Gasteiger partial charge in [0.2, 0.25) is 0 Å². The summed E-state index contributed by atoms with van der Waals surface area (Å²) in [6.45, 7) is 9.73. The Morgan fingerprint density at radius 3 is 2.80 bits per heavy atom. The molecule has 0 atom stereocenters. The molecular formula is C19H28N4O2. The number of nitrogens with one attached hydrogen (secondary N) is 1. The Labute approximate surface area is 149 Å². The van der Waals surface area contributed by atoms with Crippen molar-refractivity contribution in [3.05, 3.63) is 36.2 Å². The molecule has 1 amide bonds. The standard InChI is InChI=1S/C19H28N4O2/c1-19(2,3)9-10-22(4)11-12-23-14-20-16-13-15(5-7-17(16)23)6-8-18(24)21-25/h5-8,13-14,25H,9-12H2,1-4H3,(H,21,24)/b8-6+. The van der Waals surface area contributed by atoms with Gasteiger partial charge in [0.25, 0.3) is 5.91 Å². The van der Waals surface area contributed by atoms with Crippen LogP contribution in [0.2, 0.25) is 0 Å². The number of imidazole rings is 1. The smallest absolute Gasteiger partial charge is 0.267 e. The molecule has 0 radical (unpaired) electrons. The third kappa shape index (κ3) is 5.99. The average Bonchev–Trinajstić information content (AvgIpc) is 2.97. The second kappa shape index (κ2) is 8.27. The van der Waals surface area contributed by atoms with E-state index in [1.54, 1.807) is 11.6 Å². The van der Waals surface area contributed by atoms with Gasteiger partial charge in [0, 0.05) is 19.2 Å². The summed E-state index contributed by atoms with van der Waals surface area (Å²) in [6.07, 6.45) is 5.95. The lowest BCUT2D eigenvalue weighted by atomic mass is 9.92. The quantitative estimate of drug-likeness (QED) is 0.460. The van der Waals surface area contributed by atoms with E-state index in [2.05, 4.69) is 42.3 Å². The number of carbonyl (C=O) groups is 1. The molecule has 0 saturated heterocycles. The minimum atomic E-state index is -0.552. The van der Waals surface area contributed by atoms with Crippen molar-refractivity contribution in [1.29, 1.82) is 0 Å². The molecule has 0 unspecified atom stereocenters. The van der Waals surface area contributed by atoms with Crippen LogP contribution < -0.4 is 5.48 Å². The van der Waals surface area contributed by atoms with Crippen LogP contribution >= 0.6 is 0 Å². The summed E-state index contributed by atoms with van der Waals surface area (Å²) in [6, 6.07) is 5.87. The molecule has 25 heavy (non-hydrogen) atoms. The van der Waals surface area contributed by atoms with E-state index in [1.807, 2.05) is 24.5 Å². The summed E-state index contributed by atoms with van der Waals surface area (Å²) >= 11 is 0. The fourth-order valence-electron chi connectivity index (χ4n) is 2.49. The second-order valence-electron chi connectivity index (χ2n) is 7.61. The van der Waals surface area contributed by atoms with Crippen molar-refractivity contribution in [3.8, 4) is 0 Å². The normalized spacial score (nSPS) is 12.4. The Morgan fingerprint density at radius 1 is 1.36 bits per heavy atom. The summed E-state index contributed by atoms with van der Waals surface area (Å²) in [7, 11) is 2.15. The van der Waals surface area contributed by atoms with Crippen LogP contribution in [-0.2, 0) is 11.3 Å². The predicted molar refractivity (Wildman–Crippen MR) is 100 cm³/mol. The first-order valence-corrected chi connectivity index (χ1v) is 8.54. The second-order valence-corrected chi connectivity index (χ2v) is 7.61. The number of hydrogen-bond donors (Lipinski definition) is 2. The largest absolute Gasteiger partial charge is 0.329 e. The molecular weight excluding hydrogens is 316 g/mol. The van der Waals surface area contributed by atoms with E-state index in [1.165, 1.54) is 12.5 Å². The molecule has 136 valence electrons. The first-order chi connectivity index (χ1) is 11.8. The van der Waals surface area contributed by atoms with Gasteiger partial charge in [-0.25, -0.2) is 10.5 Å². The lowest BCUT2D eigenvalue weighted by Gasteiger charge is -2.23. The predicted octanol–water partition coefficient (Wildman–Crippen LogP) is 2.92. The number of hydrogen-bond acceptors (Lipinski definition) is 4. The summed E-state index contributed by atoms with van der Waals surface area (Å²) in [5.74, 6) is -0.552. The molecule has 1 heterocycles. The van der Waals surface area contributed by atoms with Gasteiger partial charge in [-0.3, -0.25) is 10.0 Å². The van der Waals surface area contributed by atoms with E-state index in [0.717, 1.165) is 36.2 Å². The molecule has 1 aromatic carbocycles. The zero-order valence-electron chi connectivity index (χ0n) is 15.5. The number of amides is 1. The number of fused-ring (bicyclic) bond motifs is 1. The van der Waals surface area contributed by atoms with E-state index in [9.17, 15) is 4.79 Å². The number of rotatable bonds is 7. The van der Waals surface area contributed by atoms with Crippen LogP contribution in [0.3, 0.4) is 0 Å². The average molecular weight is 344 g/mol. The van der Waals surface area contributed by atoms with Crippen molar-refractivity contribution in [2.45, 2.75) is 33.7 Å². The van der Waals surface area contributed by atoms with Crippen LogP contribution in [0.25, 0.3) is 17.1 Å². The summed E-state index contributed by atoms with van der Waals surface area (Å²) in [4.78, 5) is 17.8. The van der Waals surface area contributed by atoms with Crippen LogP contribution in [0, 0.1) is 5.41 Å². The van der Waals surface area contributed by atoms with Gasteiger partial charge in [0.05, 0.1) is 17.4 Å². The Kier molecular flexibility index (Phi) is 6.33. The van der Waals surface area contributed by atoms with Crippen LogP contribution in [0.4, 0.5) is 0 Å². The van der Waals surface area contributed by atoms with Crippen molar-refractivity contribution in [2.75, 3.05) is 20.1 Å². The Morgan fingerprint density at radius 2 is 2.12 bits per heavy atom. The number of aromatic nitrogens is 2. The van der Waals surface area contributed by atoms with Gasteiger partial charge in [-0.05, 0) is 49.2 Å². The summed E-state index contributed by atoms with van der Waals surface area (Å²) in [5, 5.41) is 8.50. The molecule has 0 spiro atoms. The maximum absolute atomic E-state index is 11.0. The van der Waals surface area contributed by atoms with Gasteiger partial charge in [-0.2, -0.15) is 0 Å². The van der Waals surface area contributed by atoms with Gasteiger partial charge in [-0.1, -0.05) is 26.8 Å². The fourth-order valence-corrected chi connectivity index (χ4v) is 2.49. The maximum atomic E-state index is 11.0. The minimum Gasteiger partial charge on any atom is -0.329 e. The molecule has 6 heteroatoms. The van der Waals surface area contributed by atoms with E-state index in [0.29, 0.717) is 5.41 Å². The first kappa shape index (κ1) is 19.1. The van der Waals surface area contributed by atoms with Gasteiger partial charge >= 0.3 is 0 Å². The third-order valence-corrected chi connectivity index (χ3v) is 4.15. The molecule has 6 nitrogen and oxygen atoms in total. The zero-order valence-corrected chi connectivity index (χ0v) is 15.5. The number of hydroxylamine groups is 1. The zero-order chi connectivity index (χ0) is 18.4. The third-order valence-electron chi connectivity index (χ3n) is 4.15. The summed E-state index contributed by atoms with van der Waals surface area (Å²) < 4.78 is 2.15. The number of benzene rings is 1. The highest BCUT2D eigenvalue weighted by atomic mass is 16.5. The molecule has 0 aliphatic heterocycles. The SMILES string of the molecule is CN(CCn1cnc2cc(/C=C/C(=O)NO)ccc21)CCC(C)(C)C. The molecule has 0 saturated carbocycles. The number of carbonyl (C=O) groups excluding carboxylic acids is 1. The lowest BCUT2D eigenvalue weighted by molar-refractivity contribution is -0.124. The molecule has 2 N–H and O–H groups in total. The highest BCUT2D eigenvalue weighted by Crippen LogP contribution is 2.19. The topological polar surface area (TPSA) is 70.4 Å². The molecule has 1 aromatic heterocycles. The van der Waals surface area contributed by atoms with E-state index in [4.69, 9.17) is 5.21 Å². The van der Waals surface area contributed by atoms with Gasteiger partial charge in [-0.15, -0.1) is 0 Å². The fraction of sp³-hybridized carbons (Fsp3) is 0.474. The van der Waals surface area contributed by atoms with Crippen molar-refractivity contribution < 1.29 is 10.0 Å². The van der Waals surface area contributed by atoms with Crippen molar-refractivity contribution in [2.24, 2.45) is 5.41 Å². The van der Waals surface area contributed by atoms with E-state index >= 15 is 0 Å². The monoisotopic (exact) mass is 344 g/mol. The van der Waals surface area contributed by atoms with Crippen LogP contribution in [0.5, 0.6) is 0 Å². The van der Waals surface area contributed by atoms with Crippen LogP contribution in [0.1, 0.15) is 32.8 Å². The Hall–Kier alpha value is -2.18. The number of likely N-dealkylation sites (N-methyl/N-ethyl adjacent to an activating group) is 1. The molecule has 0 aliphatic rings. The Bertz CT molecular complexity index is 743. The van der Waals surface area contributed by atoms with Gasteiger partial charge in [0.1, 0.15) is 0 Å². The molecule has 0 bridgehead atoms. The van der Waals surface area contributed by atoms with Crippen LogP contribution in [0.15, 0.2) is 30.6 Å². The van der Waals surface area contributed by atoms with Crippen molar-refractivity contribution in [1.82, 2.24) is 19.9 Å². The van der Waals surface area contributed by atoms with Gasteiger partial charge in [0.15, 0.2) is 0 Å². The van der Waals surface area contributed by atoms with E-state index in [-0.39, 0.29) is 0 Å². The van der Waals surface area contributed by atoms with E-state index < -0.39 is 5.91 Å². The van der Waals surface area contributed by atoms with Crippen LogP contribution in [-0.4, -0.2) is 45.7 Å². The van der Waals surface area contributed by atoms with Crippen molar-refractivity contribution >= 4 is 23.0 Å². The minimum absolute atomic E-state index is 0.354. The number of nitrogens with zero attached hydrogens (tertiary/aromatic N) is 3.